The highest BCUT2D eigenvalue weighted by molar-refractivity contribution is 7.80. The largest absolute Gasteiger partial charge is 0.393 e. The molecule has 92 valence electrons. The first kappa shape index (κ1) is 12.4. The van der Waals surface area contributed by atoms with Crippen LogP contribution >= 0.6 is 12.2 Å². The minimum Gasteiger partial charge on any atom is -0.393 e. The summed E-state index contributed by atoms with van der Waals surface area (Å²) in [6.45, 7) is 3.41. The lowest BCUT2D eigenvalue weighted by Gasteiger charge is -2.24. The number of nitrogens with two attached hydrogens (primary N) is 1. The normalized spacial score (nSPS) is 18.2. The molecule has 0 radical (unpaired) electrons. The lowest BCUT2D eigenvalue weighted by molar-refractivity contribution is 0.635. The van der Waals surface area contributed by atoms with Gasteiger partial charge in [-0.25, -0.2) is 0 Å². The van der Waals surface area contributed by atoms with Crippen molar-refractivity contribution in [2.45, 2.75) is 38.6 Å². The molecule has 1 heterocycles. The Morgan fingerprint density at radius 3 is 2.94 bits per heavy atom. The molecule has 0 saturated carbocycles. The minimum absolute atomic E-state index is 0.622. The Hall–Kier alpha value is -1.09. The first-order chi connectivity index (χ1) is 8.18. The van der Waals surface area contributed by atoms with E-state index >= 15 is 0 Å². The highest BCUT2D eigenvalue weighted by Gasteiger charge is 2.24. The Morgan fingerprint density at radius 1 is 1.41 bits per heavy atom. The van der Waals surface area contributed by atoms with Crippen LogP contribution in [-0.2, 0) is 6.42 Å². The maximum atomic E-state index is 5.51. The molecule has 0 spiro atoms. The maximum absolute atomic E-state index is 5.51. The molecular formula is C14H20N2S. The molecule has 2 rings (SSSR count). The van der Waals surface area contributed by atoms with Crippen LogP contribution in [-0.4, -0.2) is 17.6 Å². The Balaban J connectivity index is 1.90. The zero-order valence-corrected chi connectivity index (χ0v) is 11.2. The van der Waals surface area contributed by atoms with Crippen molar-refractivity contribution in [3.63, 3.8) is 0 Å². The summed E-state index contributed by atoms with van der Waals surface area (Å²) in [5, 5.41) is 0. The maximum Gasteiger partial charge on any atom is 0.0727 e. The number of unbranched alkanes of at least 4 members (excludes halogenated alkanes) is 1. The van der Waals surface area contributed by atoms with Gasteiger partial charge in [-0.3, -0.25) is 0 Å². The average molecular weight is 248 g/mol. The van der Waals surface area contributed by atoms with Gasteiger partial charge in [0.1, 0.15) is 0 Å². The monoisotopic (exact) mass is 248 g/mol. The van der Waals surface area contributed by atoms with Crippen molar-refractivity contribution < 1.29 is 0 Å². The van der Waals surface area contributed by atoms with E-state index < -0.39 is 0 Å². The number of nitrogens with zero attached hydrogens (tertiary/aromatic N) is 1. The molecule has 2 nitrogen and oxygen atoms in total. The second-order valence-electron chi connectivity index (χ2n) is 4.80. The number of fused-ring (bicyclic) bond motifs is 1. The van der Waals surface area contributed by atoms with Gasteiger partial charge in [0.25, 0.3) is 0 Å². The third kappa shape index (κ3) is 2.97. The second kappa shape index (κ2) is 5.50. The van der Waals surface area contributed by atoms with E-state index in [0.717, 1.165) is 25.8 Å². The summed E-state index contributed by atoms with van der Waals surface area (Å²) < 4.78 is 0. The zero-order chi connectivity index (χ0) is 12.3. The molecule has 0 bridgehead atoms. The Kier molecular flexibility index (Phi) is 4.00. The van der Waals surface area contributed by atoms with Gasteiger partial charge in [-0.15, -0.1) is 0 Å². The van der Waals surface area contributed by atoms with Gasteiger partial charge in [0.05, 0.1) is 4.99 Å². The summed E-state index contributed by atoms with van der Waals surface area (Å²) in [4.78, 5) is 3.15. The Morgan fingerprint density at radius 2 is 2.18 bits per heavy atom. The highest BCUT2D eigenvalue weighted by atomic mass is 32.1. The standard InChI is InChI=1S/C14H20N2S/c1-11-10-12-6-2-3-7-13(12)16(11)9-5-4-8-14(15)17/h2-3,6-7,11H,4-5,8-10H2,1H3,(H2,15,17). The fraction of sp³-hybridized carbons (Fsp3) is 0.500. The van der Waals surface area contributed by atoms with Crippen molar-refractivity contribution in [2.24, 2.45) is 5.73 Å². The number of anilines is 1. The van der Waals surface area contributed by atoms with E-state index in [0.29, 0.717) is 11.0 Å². The van der Waals surface area contributed by atoms with Crippen molar-refractivity contribution in [1.29, 1.82) is 0 Å². The lowest BCUT2D eigenvalue weighted by Crippen LogP contribution is -2.30. The first-order valence-corrected chi connectivity index (χ1v) is 6.72. The molecule has 0 aromatic heterocycles. The van der Waals surface area contributed by atoms with Gasteiger partial charge in [-0.1, -0.05) is 30.4 Å². The van der Waals surface area contributed by atoms with Gasteiger partial charge >= 0.3 is 0 Å². The number of hydrogen-bond acceptors (Lipinski definition) is 2. The zero-order valence-electron chi connectivity index (χ0n) is 10.4. The van der Waals surface area contributed by atoms with Crippen LogP contribution in [0.4, 0.5) is 5.69 Å². The van der Waals surface area contributed by atoms with Gasteiger partial charge < -0.3 is 10.6 Å². The molecular weight excluding hydrogens is 228 g/mol. The highest BCUT2D eigenvalue weighted by Crippen LogP contribution is 2.31. The Bertz CT molecular complexity index is 403. The van der Waals surface area contributed by atoms with Crippen molar-refractivity contribution in [3.05, 3.63) is 29.8 Å². The van der Waals surface area contributed by atoms with E-state index in [9.17, 15) is 0 Å². The van der Waals surface area contributed by atoms with Gasteiger partial charge in [0.2, 0.25) is 0 Å². The smallest absolute Gasteiger partial charge is 0.0727 e. The first-order valence-electron chi connectivity index (χ1n) is 6.31. The van der Waals surface area contributed by atoms with Crippen molar-refractivity contribution in [3.8, 4) is 0 Å². The molecule has 2 N–H and O–H groups in total. The van der Waals surface area contributed by atoms with Crippen LogP contribution < -0.4 is 10.6 Å². The Labute approximate surface area is 109 Å². The molecule has 1 aromatic rings. The SMILES string of the molecule is CC1Cc2ccccc2N1CCCCC(N)=S. The fourth-order valence-corrected chi connectivity index (χ4v) is 2.70. The van der Waals surface area contributed by atoms with E-state index in [-0.39, 0.29) is 0 Å². The molecule has 1 aliphatic heterocycles. The number of hydrogen-bond donors (Lipinski definition) is 1. The molecule has 0 fully saturated rings. The second-order valence-corrected chi connectivity index (χ2v) is 5.32. The molecule has 3 heteroatoms. The topological polar surface area (TPSA) is 29.3 Å². The number of benzene rings is 1. The minimum atomic E-state index is 0.622. The van der Waals surface area contributed by atoms with E-state index in [4.69, 9.17) is 18.0 Å². The van der Waals surface area contributed by atoms with Gasteiger partial charge in [0.15, 0.2) is 0 Å². The quantitative estimate of drug-likeness (QED) is 0.642. The molecule has 17 heavy (non-hydrogen) atoms. The lowest BCUT2D eigenvalue weighted by atomic mass is 10.1. The summed E-state index contributed by atoms with van der Waals surface area (Å²) in [6.07, 6.45) is 4.31. The third-order valence-electron chi connectivity index (χ3n) is 3.42. The summed E-state index contributed by atoms with van der Waals surface area (Å²) in [6, 6.07) is 9.34. The number of thiocarbonyl (C=S) groups is 1. The molecule has 0 aliphatic carbocycles. The third-order valence-corrected chi connectivity index (χ3v) is 3.62. The van der Waals surface area contributed by atoms with E-state index in [1.165, 1.54) is 17.7 Å². The fourth-order valence-electron chi connectivity index (χ4n) is 2.55. The summed E-state index contributed by atoms with van der Waals surface area (Å²) in [7, 11) is 0. The average Bonchev–Trinajstić information content (AvgIpc) is 2.60. The predicted molar refractivity (Wildman–Crippen MR) is 77.6 cm³/mol. The van der Waals surface area contributed by atoms with E-state index in [1.54, 1.807) is 0 Å². The van der Waals surface area contributed by atoms with Crippen LogP contribution in [0, 0.1) is 0 Å². The summed E-state index contributed by atoms with van der Waals surface area (Å²) in [5.41, 5.74) is 8.40. The van der Waals surface area contributed by atoms with Gasteiger partial charge in [0, 0.05) is 18.3 Å². The van der Waals surface area contributed by atoms with Gasteiger partial charge in [-0.05, 0) is 44.2 Å². The van der Waals surface area contributed by atoms with Crippen LogP contribution in [0.25, 0.3) is 0 Å². The molecule has 0 amide bonds. The van der Waals surface area contributed by atoms with E-state index in [1.807, 2.05) is 0 Å². The molecule has 0 saturated heterocycles. The van der Waals surface area contributed by atoms with Crippen LogP contribution in [0.2, 0.25) is 0 Å². The van der Waals surface area contributed by atoms with Crippen LogP contribution in [0.15, 0.2) is 24.3 Å². The van der Waals surface area contributed by atoms with E-state index in [2.05, 4.69) is 36.1 Å². The predicted octanol–water partition coefficient (Wildman–Crippen LogP) is 2.89. The number of rotatable bonds is 5. The van der Waals surface area contributed by atoms with Crippen LogP contribution in [0.5, 0.6) is 0 Å². The summed E-state index contributed by atoms with van der Waals surface area (Å²) >= 11 is 4.89. The molecule has 1 aliphatic rings. The molecule has 1 atom stereocenters. The molecule has 1 aromatic carbocycles. The van der Waals surface area contributed by atoms with Crippen molar-refractivity contribution >= 4 is 22.9 Å². The van der Waals surface area contributed by atoms with Crippen molar-refractivity contribution in [1.82, 2.24) is 0 Å². The molecule has 1 unspecified atom stereocenters. The van der Waals surface area contributed by atoms with Crippen LogP contribution in [0.1, 0.15) is 31.7 Å². The number of para-hydroxylation sites is 1. The van der Waals surface area contributed by atoms with Crippen LogP contribution in [0.3, 0.4) is 0 Å². The van der Waals surface area contributed by atoms with Crippen molar-refractivity contribution in [2.75, 3.05) is 11.4 Å². The summed E-state index contributed by atoms with van der Waals surface area (Å²) in [5.74, 6) is 0. The van der Waals surface area contributed by atoms with Gasteiger partial charge in [-0.2, -0.15) is 0 Å².